The molecule has 0 amide bonds. The van der Waals surface area contributed by atoms with Crippen LogP contribution in [0.15, 0.2) is 0 Å². The molecule has 0 spiro atoms. The van der Waals surface area contributed by atoms with E-state index in [9.17, 15) is 15.3 Å². The van der Waals surface area contributed by atoms with E-state index in [0.29, 0.717) is 0 Å². The Morgan fingerprint density at radius 2 is 1.45 bits per heavy atom. The first-order chi connectivity index (χ1) is 5.13. The lowest BCUT2D eigenvalue weighted by molar-refractivity contribution is -0.0721. The van der Waals surface area contributed by atoms with E-state index in [4.69, 9.17) is 4.74 Å². The average Bonchev–Trinajstić information content (AvgIpc) is 2.76. The van der Waals surface area contributed by atoms with Gasteiger partial charge in [0.2, 0.25) is 0 Å². The molecule has 6 atom stereocenters. The van der Waals surface area contributed by atoms with Crippen LogP contribution in [0.2, 0.25) is 0 Å². The van der Waals surface area contributed by atoms with Crippen molar-refractivity contribution >= 4 is 0 Å². The molecule has 11 heavy (non-hydrogen) atoms. The molecule has 0 aromatic carbocycles. The van der Waals surface area contributed by atoms with E-state index < -0.39 is 18.3 Å². The van der Waals surface area contributed by atoms with Gasteiger partial charge in [-0.2, -0.15) is 0 Å². The lowest BCUT2D eigenvalue weighted by atomic mass is 9.83. The number of ether oxygens (including phenoxy) is 1. The van der Waals surface area contributed by atoms with Crippen LogP contribution in [0.25, 0.3) is 0 Å². The Morgan fingerprint density at radius 1 is 0.909 bits per heavy atom. The SMILES string of the molecule is CC1C(O)C(O)C2OC2C1O. The third kappa shape index (κ3) is 0.906. The highest BCUT2D eigenvalue weighted by Crippen LogP contribution is 2.39. The Labute approximate surface area is 64.4 Å². The Bertz CT molecular complexity index is 154. The maximum atomic E-state index is 9.38. The third-order valence-electron chi connectivity index (χ3n) is 2.66. The quantitative estimate of drug-likeness (QED) is 0.376. The van der Waals surface area contributed by atoms with Crippen LogP contribution in [0.3, 0.4) is 0 Å². The Kier molecular flexibility index (Phi) is 1.47. The van der Waals surface area contributed by atoms with Gasteiger partial charge in [-0.1, -0.05) is 6.92 Å². The van der Waals surface area contributed by atoms with Gasteiger partial charge >= 0.3 is 0 Å². The molecule has 4 nitrogen and oxygen atoms in total. The minimum absolute atomic E-state index is 0.247. The molecular formula is C7H12O4. The van der Waals surface area contributed by atoms with Crippen molar-refractivity contribution in [3.63, 3.8) is 0 Å². The summed E-state index contributed by atoms with van der Waals surface area (Å²) < 4.78 is 4.98. The summed E-state index contributed by atoms with van der Waals surface area (Å²) in [5.41, 5.74) is 0. The van der Waals surface area contributed by atoms with Crippen LogP contribution in [-0.4, -0.2) is 45.8 Å². The second kappa shape index (κ2) is 2.17. The molecule has 64 valence electrons. The highest BCUT2D eigenvalue weighted by molar-refractivity contribution is 5.06. The summed E-state index contributed by atoms with van der Waals surface area (Å²) in [5, 5.41) is 28.0. The lowest BCUT2D eigenvalue weighted by Gasteiger charge is -2.29. The van der Waals surface area contributed by atoms with Gasteiger partial charge in [-0.15, -0.1) is 0 Å². The standard InChI is InChI=1S/C7H12O4/c1-2-3(8)5(10)7-6(11-7)4(2)9/h2-10H,1H3. The molecule has 2 aliphatic rings. The monoisotopic (exact) mass is 160 g/mol. The number of aliphatic hydroxyl groups excluding tert-OH is 3. The molecule has 2 fully saturated rings. The summed E-state index contributed by atoms with van der Waals surface area (Å²) in [4.78, 5) is 0. The average molecular weight is 160 g/mol. The molecule has 6 unspecified atom stereocenters. The molecule has 3 N–H and O–H groups in total. The molecule has 1 aliphatic heterocycles. The van der Waals surface area contributed by atoms with Crippen molar-refractivity contribution < 1.29 is 20.1 Å². The van der Waals surface area contributed by atoms with Gasteiger partial charge in [-0.25, -0.2) is 0 Å². The minimum atomic E-state index is -0.853. The summed E-state index contributed by atoms with van der Waals surface area (Å²) >= 11 is 0. The second-order valence-electron chi connectivity index (χ2n) is 3.40. The Hall–Kier alpha value is -0.160. The van der Waals surface area contributed by atoms with Gasteiger partial charge in [0.05, 0.1) is 12.2 Å². The molecule has 0 bridgehead atoms. The topological polar surface area (TPSA) is 73.2 Å². The Morgan fingerprint density at radius 3 is 2.09 bits per heavy atom. The molecule has 1 aliphatic carbocycles. The highest BCUT2D eigenvalue weighted by Gasteiger charge is 2.58. The van der Waals surface area contributed by atoms with Crippen LogP contribution < -0.4 is 0 Å². The molecule has 4 heteroatoms. The van der Waals surface area contributed by atoms with E-state index in [2.05, 4.69) is 0 Å². The summed E-state index contributed by atoms with van der Waals surface area (Å²) in [7, 11) is 0. The van der Waals surface area contributed by atoms with Crippen molar-refractivity contribution in [3.05, 3.63) is 0 Å². The summed E-state index contributed by atoms with van der Waals surface area (Å²) in [5.74, 6) is -0.297. The van der Waals surface area contributed by atoms with Crippen molar-refractivity contribution in [2.45, 2.75) is 37.4 Å². The number of aliphatic hydroxyl groups is 3. The largest absolute Gasteiger partial charge is 0.390 e. The summed E-state index contributed by atoms with van der Waals surface area (Å²) in [6.45, 7) is 1.70. The van der Waals surface area contributed by atoms with Gasteiger partial charge in [0.15, 0.2) is 0 Å². The highest BCUT2D eigenvalue weighted by atomic mass is 16.6. The van der Waals surface area contributed by atoms with Crippen molar-refractivity contribution in [3.8, 4) is 0 Å². The van der Waals surface area contributed by atoms with Crippen LogP contribution in [0.4, 0.5) is 0 Å². The zero-order valence-corrected chi connectivity index (χ0v) is 6.21. The maximum Gasteiger partial charge on any atom is 0.115 e. The second-order valence-corrected chi connectivity index (χ2v) is 3.40. The van der Waals surface area contributed by atoms with E-state index >= 15 is 0 Å². The van der Waals surface area contributed by atoms with E-state index in [1.807, 2.05) is 0 Å². The molecule has 0 aromatic heterocycles. The molecule has 1 saturated carbocycles. The maximum absolute atomic E-state index is 9.38. The first kappa shape index (κ1) is 7.49. The molecule has 2 rings (SSSR count). The predicted molar refractivity (Wildman–Crippen MR) is 35.8 cm³/mol. The number of epoxide rings is 1. The van der Waals surface area contributed by atoms with Crippen molar-refractivity contribution in [2.24, 2.45) is 5.92 Å². The van der Waals surface area contributed by atoms with Crippen LogP contribution >= 0.6 is 0 Å². The summed E-state index contributed by atoms with van der Waals surface area (Å²) in [6, 6.07) is 0. The molecule has 0 radical (unpaired) electrons. The van der Waals surface area contributed by atoms with Gasteiger partial charge in [0, 0.05) is 5.92 Å². The lowest BCUT2D eigenvalue weighted by Crippen LogP contribution is -2.48. The molecular weight excluding hydrogens is 148 g/mol. The minimum Gasteiger partial charge on any atom is -0.390 e. The van der Waals surface area contributed by atoms with Crippen molar-refractivity contribution in [2.75, 3.05) is 0 Å². The smallest absolute Gasteiger partial charge is 0.115 e. The number of fused-ring (bicyclic) bond motifs is 1. The number of hydrogen-bond acceptors (Lipinski definition) is 4. The predicted octanol–water partition coefficient (Wildman–Crippen LogP) is -1.51. The van der Waals surface area contributed by atoms with E-state index in [1.165, 1.54) is 0 Å². The third-order valence-corrected chi connectivity index (χ3v) is 2.66. The van der Waals surface area contributed by atoms with E-state index in [-0.39, 0.29) is 18.1 Å². The van der Waals surface area contributed by atoms with Crippen LogP contribution in [0, 0.1) is 5.92 Å². The van der Waals surface area contributed by atoms with E-state index in [0.717, 1.165) is 0 Å². The zero-order chi connectivity index (χ0) is 8.17. The summed E-state index contributed by atoms with van der Waals surface area (Å²) in [6.07, 6.45) is -2.88. The van der Waals surface area contributed by atoms with Crippen molar-refractivity contribution in [1.82, 2.24) is 0 Å². The fourth-order valence-electron chi connectivity index (χ4n) is 1.69. The fourth-order valence-corrected chi connectivity index (χ4v) is 1.69. The van der Waals surface area contributed by atoms with E-state index in [1.54, 1.807) is 6.92 Å². The van der Waals surface area contributed by atoms with Crippen LogP contribution in [0.5, 0.6) is 0 Å². The molecule has 0 aromatic rings. The van der Waals surface area contributed by atoms with Crippen LogP contribution in [0.1, 0.15) is 6.92 Å². The first-order valence-corrected chi connectivity index (χ1v) is 3.82. The van der Waals surface area contributed by atoms with Crippen LogP contribution in [-0.2, 0) is 4.74 Å². The zero-order valence-electron chi connectivity index (χ0n) is 6.21. The normalized spacial score (nSPS) is 62.2. The van der Waals surface area contributed by atoms with Gasteiger partial charge < -0.3 is 20.1 Å². The van der Waals surface area contributed by atoms with Gasteiger partial charge in [-0.05, 0) is 0 Å². The number of rotatable bonds is 0. The first-order valence-electron chi connectivity index (χ1n) is 3.82. The van der Waals surface area contributed by atoms with Gasteiger partial charge in [0.1, 0.15) is 18.3 Å². The van der Waals surface area contributed by atoms with Crippen molar-refractivity contribution in [1.29, 1.82) is 0 Å². The number of hydrogen-bond donors (Lipinski definition) is 3. The Balaban J connectivity index is 2.13. The fraction of sp³-hybridized carbons (Fsp3) is 1.00. The molecule has 1 heterocycles. The van der Waals surface area contributed by atoms with Gasteiger partial charge in [0.25, 0.3) is 0 Å². The van der Waals surface area contributed by atoms with Gasteiger partial charge in [-0.3, -0.25) is 0 Å². The molecule has 1 saturated heterocycles.